The minimum Gasteiger partial charge on any atom is -0.493 e. The van der Waals surface area contributed by atoms with E-state index in [1.807, 2.05) is 13.0 Å². The fraction of sp³-hybridized carbons (Fsp3) is 0.174. The van der Waals surface area contributed by atoms with Gasteiger partial charge in [0.05, 0.1) is 17.2 Å². The molecule has 5 nitrogen and oxygen atoms in total. The molecule has 0 bridgehead atoms. The van der Waals surface area contributed by atoms with Gasteiger partial charge in [-0.25, -0.2) is 4.39 Å². The van der Waals surface area contributed by atoms with E-state index >= 15 is 0 Å². The Kier molecular flexibility index (Phi) is 8.07. The average Bonchev–Trinajstić information content (AvgIpc) is 2.76. The van der Waals surface area contributed by atoms with Crippen molar-refractivity contribution in [3.8, 4) is 11.5 Å². The standard InChI is InChI=1S/C23H20Cl3FN2O3/c1-13-3-4-16(10-17(13)24)29-22(30)12-32-23-19(26)7-14(8-21(23)31-2)11-28-15-5-6-20(27)18(25)9-15/h3-10,28H,11-12H2,1-2H3,(H,29,30). The molecule has 0 aromatic heterocycles. The molecule has 3 aromatic rings. The quantitative estimate of drug-likeness (QED) is 0.362. The molecule has 3 rings (SSSR count). The Morgan fingerprint density at radius 3 is 2.38 bits per heavy atom. The topological polar surface area (TPSA) is 59.6 Å². The molecule has 0 aliphatic rings. The van der Waals surface area contributed by atoms with Crippen molar-refractivity contribution in [2.45, 2.75) is 13.5 Å². The zero-order chi connectivity index (χ0) is 23.3. The van der Waals surface area contributed by atoms with E-state index in [2.05, 4.69) is 10.6 Å². The number of rotatable bonds is 8. The van der Waals surface area contributed by atoms with Crippen molar-refractivity contribution in [2.24, 2.45) is 0 Å². The van der Waals surface area contributed by atoms with Gasteiger partial charge < -0.3 is 20.1 Å². The summed E-state index contributed by atoms with van der Waals surface area (Å²) in [6.07, 6.45) is 0. The van der Waals surface area contributed by atoms with Gasteiger partial charge in [-0.3, -0.25) is 4.79 Å². The lowest BCUT2D eigenvalue weighted by molar-refractivity contribution is -0.118. The molecule has 32 heavy (non-hydrogen) atoms. The molecule has 2 N–H and O–H groups in total. The number of anilines is 2. The van der Waals surface area contributed by atoms with Gasteiger partial charge in [0.25, 0.3) is 5.91 Å². The normalized spacial score (nSPS) is 10.6. The first-order chi connectivity index (χ1) is 15.3. The molecular weight excluding hydrogens is 478 g/mol. The predicted molar refractivity (Wildman–Crippen MR) is 127 cm³/mol. The second-order valence-corrected chi connectivity index (χ2v) is 8.11. The minimum atomic E-state index is -0.488. The van der Waals surface area contributed by atoms with Gasteiger partial charge in [0, 0.05) is 22.9 Å². The lowest BCUT2D eigenvalue weighted by Gasteiger charge is -2.15. The van der Waals surface area contributed by atoms with Crippen molar-refractivity contribution in [1.82, 2.24) is 0 Å². The number of carbonyl (C=O) groups is 1. The smallest absolute Gasteiger partial charge is 0.262 e. The average molecular weight is 498 g/mol. The second kappa shape index (κ2) is 10.8. The highest BCUT2D eigenvalue weighted by molar-refractivity contribution is 6.32. The van der Waals surface area contributed by atoms with Crippen LogP contribution in [0.25, 0.3) is 0 Å². The SMILES string of the molecule is COc1cc(CNc2ccc(F)c(Cl)c2)cc(Cl)c1OCC(=O)Nc1ccc(C)c(Cl)c1. The molecule has 0 fully saturated rings. The van der Waals surface area contributed by atoms with Crippen molar-refractivity contribution in [1.29, 1.82) is 0 Å². The molecule has 0 radical (unpaired) electrons. The minimum absolute atomic E-state index is 0.0283. The molecule has 0 spiro atoms. The van der Waals surface area contributed by atoms with Gasteiger partial charge in [0.15, 0.2) is 18.1 Å². The number of benzene rings is 3. The molecule has 9 heteroatoms. The van der Waals surface area contributed by atoms with Crippen LogP contribution in [0, 0.1) is 12.7 Å². The van der Waals surface area contributed by atoms with Gasteiger partial charge >= 0.3 is 0 Å². The third kappa shape index (κ3) is 6.19. The van der Waals surface area contributed by atoms with Crippen LogP contribution in [0.1, 0.15) is 11.1 Å². The maximum atomic E-state index is 13.3. The van der Waals surface area contributed by atoms with E-state index in [9.17, 15) is 9.18 Å². The van der Waals surface area contributed by atoms with E-state index < -0.39 is 5.82 Å². The van der Waals surface area contributed by atoms with Crippen LogP contribution in [-0.4, -0.2) is 19.6 Å². The van der Waals surface area contributed by atoms with E-state index in [0.29, 0.717) is 28.7 Å². The maximum absolute atomic E-state index is 13.3. The van der Waals surface area contributed by atoms with E-state index in [0.717, 1.165) is 11.1 Å². The fourth-order valence-corrected chi connectivity index (χ4v) is 3.48. The first-order valence-corrected chi connectivity index (χ1v) is 10.6. The molecule has 3 aromatic carbocycles. The van der Waals surface area contributed by atoms with Gasteiger partial charge in [0.2, 0.25) is 0 Å². The zero-order valence-corrected chi connectivity index (χ0v) is 19.5. The van der Waals surface area contributed by atoms with E-state index in [1.165, 1.54) is 19.2 Å². The number of halogens is 4. The number of nitrogens with one attached hydrogen (secondary N) is 2. The summed E-state index contributed by atoms with van der Waals surface area (Å²) in [6, 6.07) is 13.0. The summed E-state index contributed by atoms with van der Waals surface area (Å²) < 4.78 is 24.3. The molecule has 0 heterocycles. The number of ether oxygens (including phenoxy) is 2. The van der Waals surface area contributed by atoms with Crippen LogP contribution in [-0.2, 0) is 11.3 Å². The third-order valence-corrected chi connectivity index (χ3v) is 5.49. The molecule has 168 valence electrons. The summed E-state index contributed by atoms with van der Waals surface area (Å²) in [5, 5.41) is 6.71. The Morgan fingerprint density at radius 2 is 1.69 bits per heavy atom. The number of hydrogen-bond acceptors (Lipinski definition) is 4. The molecule has 1 amide bonds. The lowest BCUT2D eigenvalue weighted by atomic mass is 10.2. The monoisotopic (exact) mass is 496 g/mol. The Balaban J connectivity index is 1.64. The van der Waals surface area contributed by atoms with Crippen LogP contribution in [0.5, 0.6) is 11.5 Å². The maximum Gasteiger partial charge on any atom is 0.262 e. The lowest BCUT2D eigenvalue weighted by Crippen LogP contribution is -2.20. The van der Waals surface area contributed by atoms with Crippen LogP contribution >= 0.6 is 34.8 Å². The first-order valence-electron chi connectivity index (χ1n) is 9.51. The van der Waals surface area contributed by atoms with E-state index in [4.69, 9.17) is 44.3 Å². The van der Waals surface area contributed by atoms with Crippen LogP contribution in [0.2, 0.25) is 15.1 Å². The van der Waals surface area contributed by atoms with Crippen molar-refractivity contribution in [3.63, 3.8) is 0 Å². The van der Waals surface area contributed by atoms with Crippen LogP contribution in [0.3, 0.4) is 0 Å². The Bertz CT molecular complexity index is 1140. The summed E-state index contributed by atoms with van der Waals surface area (Å²) >= 11 is 18.3. The second-order valence-electron chi connectivity index (χ2n) is 6.89. The van der Waals surface area contributed by atoms with Crippen LogP contribution < -0.4 is 20.1 Å². The van der Waals surface area contributed by atoms with Crippen molar-refractivity contribution >= 4 is 52.1 Å². The van der Waals surface area contributed by atoms with Crippen LogP contribution in [0.4, 0.5) is 15.8 Å². The molecule has 0 unspecified atom stereocenters. The zero-order valence-electron chi connectivity index (χ0n) is 17.3. The molecule has 0 atom stereocenters. The molecule has 0 saturated carbocycles. The highest BCUT2D eigenvalue weighted by Crippen LogP contribution is 2.36. The summed E-state index contributed by atoms with van der Waals surface area (Å²) in [7, 11) is 1.48. The van der Waals surface area contributed by atoms with E-state index in [1.54, 1.807) is 30.3 Å². The number of carbonyl (C=O) groups excluding carboxylic acids is 1. The van der Waals surface area contributed by atoms with Gasteiger partial charge in [-0.15, -0.1) is 0 Å². The van der Waals surface area contributed by atoms with Crippen molar-refractivity contribution in [3.05, 3.63) is 80.5 Å². The van der Waals surface area contributed by atoms with Gasteiger partial charge in [-0.2, -0.15) is 0 Å². The number of amides is 1. The molecular formula is C23H20Cl3FN2O3. The van der Waals surface area contributed by atoms with Crippen molar-refractivity contribution < 1.29 is 18.7 Å². The Labute approximate surface area is 200 Å². The fourth-order valence-electron chi connectivity index (χ4n) is 2.83. The highest BCUT2D eigenvalue weighted by Gasteiger charge is 2.14. The van der Waals surface area contributed by atoms with Gasteiger partial charge in [-0.05, 0) is 60.5 Å². The third-order valence-electron chi connectivity index (χ3n) is 4.51. The molecule has 0 saturated heterocycles. The summed E-state index contributed by atoms with van der Waals surface area (Å²) in [4.78, 5) is 12.3. The van der Waals surface area contributed by atoms with Gasteiger partial charge in [-0.1, -0.05) is 40.9 Å². The summed E-state index contributed by atoms with van der Waals surface area (Å²) in [5.41, 5.74) is 2.92. The number of methoxy groups -OCH3 is 1. The number of hydrogen-bond donors (Lipinski definition) is 2. The molecule has 0 aliphatic heterocycles. The largest absolute Gasteiger partial charge is 0.493 e. The highest BCUT2D eigenvalue weighted by atomic mass is 35.5. The first kappa shape index (κ1) is 24.0. The predicted octanol–water partition coefficient (Wildman–Crippen LogP) is 6.73. The molecule has 0 aliphatic carbocycles. The summed E-state index contributed by atoms with van der Waals surface area (Å²) in [5.74, 6) is -0.239. The van der Waals surface area contributed by atoms with Crippen molar-refractivity contribution in [2.75, 3.05) is 24.4 Å². The van der Waals surface area contributed by atoms with E-state index in [-0.39, 0.29) is 28.3 Å². The Morgan fingerprint density at radius 1 is 0.969 bits per heavy atom. The Hall–Kier alpha value is -2.67. The summed E-state index contributed by atoms with van der Waals surface area (Å²) in [6.45, 7) is 1.99. The number of aryl methyl sites for hydroxylation is 1. The van der Waals surface area contributed by atoms with Crippen LogP contribution in [0.15, 0.2) is 48.5 Å². The van der Waals surface area contributed by atoms with Gasteiger partial charge in [0.1, 0.15) is 5.82 Å².